The molecule has 19 heavy (non-hydrogen) atoms. The molecule has 1 aliphatic carbocycles. The number of anilines is 1. The van der Waals surface area contributed by atoms with E-state index in [-0.39, 0.29) is 0 Å². The van der Waals surface area contributed by atoms with Crippen LogP contribution in [0.4, 0.5) is 5.82 Å². The van der Waals surface area contributed by atoms with E-state index >= 15 is 0 Å². The molecule has 2 aromatic rings. The first-order chi connectivity index (χ1) is 9.15. The van der Waals surface area contributed by atoms with Gasteiger partial charge in [0.15, 0.2) is 5.82 Å². The summed E-state index contributed by atoms with van der Waals surface area (Å²) in [4.78, 5) is 4.32. The number of nitrogens with zero attached hydrogens (tertiary/aromatic N) is 6. The van der Waals surface area contributed by atoms with Crippen molar-refractivity contribution >= 4 is 5.82 Å². The Hall–Kier alpha value is -1.92. The van der Waals surface area contributed by atoms with Crippen molar-refractivity contribution in [2.24, 2.45) is 5.92 Å². The topological polar surface area (TPSA) is 87.4 Å². The van der Waals surface area contributed by atoms with Gasteiger partial charge in [-0.15, -0.1) is 5.10 Å². The van der Waals surface area contributed by atoms with Gasteiger partial charge in [-0.1, -0.05) is 19.1 Å². The summed E-state index contributed by atoms with van der Waals surface area (Å²) in [6.07, 6.45) is 3.95. The minimum Gasteiger partial charge on any atom is -0.381 e. The van der Waals surface area contributed by atoms with Gasteiger partial charge in [0.25, 0.3) is 0 Å². The Morgan fingerprint density at radius 2 is 2.16 bits per heavy atom. The van der Waals surface area contributed by atoms with Gasteiger partial charge in [-0.3, -0.25) is 0 Å². The lowest BCUT2D eigenvalue weighted by molar-refractivity contribution is 0.452. The molecule has 0 saturated heterocycles. The highest BCUT2D eigenvalue weighted by atomic mass is 15.5. The zero-order chi connectivity index (χ0) is 13.4. The van der Waals surface area contributed by atoms with Crippen LogP contribution in [0.2, 0.25) is 0 Å². The number of aromatic nitrogens is 6. The molecule has 0 amide bonds. The molecular formula is C12H19N7. The number of hydrogen-bond donors (Lipinski definition) is 1. The third kappa shape index (κ3) is 2.45. The molecule has 7 nitrogen and oxygen atoms in total. The predicted octanol–water partition coefficient (Wildman–Crippen LogP) is 1.03. The molecule has 2 heterocycles. The quantitative estimate of drug-likeness (QED) is 0.868. The normalized spacial score (nSPS) is 15.3. The van der Waals surface area contributed by atoms with Gasteiger partial charge in [-0.05, 0) is 18.8 Å². The molecular weight excluding hydrogens is 242 g/mol. The van der Waals surface area contributed by atoms with Crippen molar-refractivity contribution < 1.29 is 0 Å². The van der Waals surface area contributed by atoms with Crippen molar-refractivity contribution in [2.45, 2.75) is 45.7 Å². The Bertz CT molecular complexity index is 564. The molecule has 2 N–H and O–H groups in total. The van der Waals surface area contributed by atoms with E-state index in [0.717, 1.165) is 18.1 Å². The van der Waals surface area contributed by atoms with Gasteiger partial charge >= 0.3 is 0 Å². The SMILES string of the molecule is CC(C)Cn1ncnc1Cn1nnc(N)c1C1CC1. The largest absolute Gasteiger partial charge is 0.381 e. The third-order valence-electron chi connectivity index (χ3n) is 3.29. The summed E-state index contributed by atoms with van der Waals surface area (Å²) < 4.78 is 3.80. The van der Waals surface area contributed by atoms with Gasteiger partial charge in [0.1, 0.15) is 18.7 Å². The second-order valence-electron chi connectivity index (χ2n) is 5.54. The van der Waals surface area contributed by atoms with Crippen LogP contribution >= 0.6 is 0 Å². The molecule has 102 valence electrons. The first kappa shape index (κ1) is 12.1. The summed E-state index contributed by atoms with van der Waals surface area (Å²) >= 11 is 0. The average molecular weight is 261 g/mol. The summed E-state index contributed by atoms with van der Waals surface area (Å²) in [6, 6.07) is 0. The summed E-state index contributed by atoms with van der Waals surface area (Å²) in [6.45, 7) is 5.77. The van der Waals surface area contributed by atoms with Gasteiger partial charge in [0, 0.05) is 12.5 Å². The van der Waals surface area contributed by atoms with E-state index < -0.39 is 0 Å². The van der Waals surface area contributed by atoms with Crippen LogP contribution in [-0.2, 0) is 13.1 Å². The average Bonchev–Trinajstić information content (AvgIpc) is 2.99. The van der Waals surface area contributed by atoms with Crippen LogP contribution in [0.3, 0.4) is 0 Å². The molecule has 0 aromatic carbocycles. The van der Waals surface area contributed by atoms with Crippen LogP contribution in [0.1, 0.15) is 44.1 Å². The van der Waals surface area contributed by atoms with E-state index in [0.29, 0.717) is 24.2 Å². The highest BCUT2D eigenvalue weighted by Gasteiger charge is 2.30. The fraction of sp³-hybridized carbons (Fsp3) is 0.667. The summed E-state index contributed by atoms with van der Waals surface area (Å²) in [5.41, 5.74) is 6.95. The van der Waals surface area contributed by atoms with Crippen LogP contribution in [0.25, 0.3) is 0 Å². The summed E-state index contributed by atoms with van der Waals surface area (Å²) in [5.74, 6) is 2.51. The van der Waals surface area contributed by atoms with Gasteiger partial charge < -0.3 is 5.73 Å². The molecule has 1 fully saturated rings. The smallest absolute Gasteiger partial charge is 0.169 e. The molecule has 0 spiro atoms. The molecule has 0 unspecified atom stereocenters. The number of hydrogen-bond acceptors (Lipinski definition) is 5. The monoisotopic (exact) mass is 261 g/mol. The maximum Gasteiger partial charge on any atom is 0.169 e. The van der Waals surface area contributed by atoms with Gasteiger partial charge in [0.2, 0.25) is 0 Å². The van der Waals surface area contributed by atoms with Crippen LogP contribution < -0.4 is 5.73 Å². The Balaban J connectivity index is 1.83. The van der Waals surface area contributed by atoms with Gasteiger partial charge in [0.05, 0.1) is 5.69 Å². The Kier molecular flexibility index (Phi) is 2.96. The maximum absolute atomic E-state index is 5.89. The van der Waals surface area contributed by atoms with E-state index in [1.165, 1.54) is 12.8 Å². The van der Waals surface area contributed by atoms with Crippen LogP contribution in [-0.4, -0.2) is 29.8 Å². The van der Waals surface area contributed by atoms with Crippen molar-refractivity contribution in [1.29, 1.82) is 0 Å². The van der Waals surface area contributed by atoms with Crippen LogP contribution in [0.5, 0.6) is 0 Å². The Labute approximate surface area is 111 Å². The third-order valence-corrected chi connectivity index (χ3v) is 3.29. The first-order valence-corrected chi connectivity index (χ1v) is 6.70. The highest BCUT2D eigenvalue weighted by molar-refractivity contribution is 5.38. The van der Waals surface area contributed by atoms with E-state index in [1.807, 2.05) is 9.36 Å². The van der Waals surface area contributed by atoms with Gasteiger partial charge in [-0.25, -0.2) is 14.3 Å². The molecule has 0 aliphatic heterocycles. The fourth-order valence-corrected chi connectivity index (χ4v) is 2.27. The van der Waals surface area contributed by atoms with Crippen LogP contribution in [0.15, 0.2) is 6.33 Å². The molecule has 0 bridgehead atoms. The second-order valence-corrected chi connectivity index (χ2v) is 5.54. The zero-order valence-electron chi connectivity index (χ0n) is 11.3. The fourth-order valence-electron chi connectivity index (χ4n) is 2.27. The molecule has 3 rings (SSSR count). The molecule has 1 saturated carbocycles. The van der Waals surface area contributed by atoms with Gasteiger partial charge in [-0.2, -0.15) is 5.10 Å². The molecule has 7 heteroatoms. The lowest BCUT2D eigenvalue weighted by Gasteiger charge is -2.09. The van der Waals surface area contributed by atoms with Crippen molar-refractivity contribution in [3.8, 4) is 0 Å². The van der Waals surface area contributed by atoms with E-state index in [4.69, 9.17) is 5.73 Å². The van der Waals surface area contributed by atoms with Crippen molar-refractivity contribution in [3.05, 3.63) is 17.8 Å². The van der Waals surface area contributed by atoms with E-state index in [1.54, 1.807) is 6.33 Å². The molecule has 0 radical (unpaired) electrons. The number of rotatable bonds is 5. The zero-order valence-corrected chi connectivity index (χ0v) is 11.3. The van der Waals surface area contributed by atoms with Crippen LogP contribution in [0, 0.1) is 5.92 Å². The van der Waals surface area contributed by atoms with Crippen molar-refractivity contribution in [3.63, 3.8) is 0 Å². The van der Waals surface area contributed by atoms with E-state index in [9.17, 15) is 0 Å². The van der Waals surface area contributed by atoms with E-state index in [2.05, 4.69) is 34.2 Å². The first-order valence-electron chi connectivity index (χ1n) is 6.70. The maximum atomic E-state index is 5.89. The second kappa shape index (κ2) is 4.64. The lowest BCUT2D eigenvalue weighted by atomic mass is 10.2. The Morgan fingerprint density at radius 1 is 1.37 bits per heavy atom. The highest BCUT2D eigenvalue weighted by Crippen LogP contribution is 2.41. The molecule has 1 aliphatic rings. The minimum absolute atomic E-state index is 0.525. The molecule has 2 aromatic heterocycles. The number of nitrogen functional groups attached to an aromatic ring is 1. The Morgan fingerprint density at radius 3 is 2.84 bits per heavy atom. The van der Waals surface area contributed by atoms with Crippen molar-refractivity contribution in [1.82, 2.24) is 29.8 Å². The predicted molar refractivity (Wildman–Crippen MR) is 70.4 cm³/mol. The van der Waals surface area contributed by atoms with Crippen molar-refractivity contribution in [2.75, 3.05) is 5.73 Å². The standard InChI is InChI=1S/C12H19N7/c1-8(2)5-18-10(14-7-15-18)6-19-11(9-3-4-9)12(13)16-17-19/h7-9H,3-6,13H2,1-2H3. The summed E-state index contributed by atoms with van der Waals surface area (Å²) in [7, 11) is 0. The summed E-state index contributed by atoms with van der Waals surface area (Å²) in [5, 5.41) is 12.4. The molecule has 0 atom stereocenters. The number of nitrogens with two attached hydrogens (primary N) is 1. The minimum atomic E-state index is 0.525. The lowest BCUT2D eigenvalue weighted by Crippen LogP contribution is -2.15.